The summed E-state index contributed by atoms with van der Waals surface area (Å²) in [5.74, 6) is 0. The lowest BCUT2D eigenvalue weighted by Crippen LogP contribution is -2.51. The van der Waals surface area contributed by atoms with E-state index in [2.05, 4.69) is 17.3 Å². The van der Waals surface area contributed by atoms with Gasteiger partial charge in [0.15, 0.2) is 0 Å². The molecule has 0 saturated heterocycles. The average molecular weight is 316 g/mol. The van der Waals surface area contributed by atoms with Crippen LogP contribution in [0.3, 0.4) is 0 Å². The van der Waals surface area contributed by atoms with Crippen LogP contribution >= 0.6 is 11.6 Å². The molecule has 1 atom stereocenters. The summed E-state index contributed by atoms with van der Waals surface area (Å²) >= 11 is 6.42. The van der Waals surface area contributed by atoms with Gasteiger partial charge < -0.3 is 14.8 Å². The van der Waals surface area contributed by atoms with Crippen molar-refractivity contribution in [3.63, 3.8) is 0 Å². The maximum absolute atomic E-state index is 6.42. The first-order valence-corrected chi connectivity index (χ1v) is 8.05. The van der Waals surface area contributed by atoms with Crippen LogP contribution < -0.4 is 5.32 Å². The van der Waals surface area contributed by atoms with Crippen molar-refractivity contribution in [1.82, 2.24) is 15.1 Å². The van der Waals surface area contributed by atoms with Crippen LogP contribution in [-0.4, -0.2) is 42.8 Å². The van der Waals surface area contributed by atoms with Crippen molar-refractivity contribution in [2.75, 3.05) is 27.4 Å². The van der Waals surface area contributed by atoms with Gasteiger partial charge in [0, 0.05) is 14.2 Å². The average Bonchev–Trinajstić information content (AvgIpc) is 2.80. The Balaban J connectivity index is 2.29. The largest absolute Gasteiger partial charge is 0.383 e. The van der Waals surface area contributed by atoms with Crippen molar-refractivity contribution in [3.05, 3.63) is 16.9 Å². The van der Waals surface area contributed by atoms with Crippen molar-refractivity contribution < 1.29 is 9.47 Å². The second-order valence-corrected chi connectivity index (χ2v) is 6.01. The summed E-state index contributed by atoms with van der Waals surface area (Å²) in [6.45, 7) is 4.41. The lowest BCUT2D eigenvalue weighted by atomic mass is 9.73. The molecule has 1 aromatic rings. The summed E-state index contributed by atoms with van der Waals surface area (Å²) in [5, 5.41) is 8.71. The fraction of sp³-hybridized carbons (Fsp3) is 0.800. The predicted octanol–water partition coefficient (Wildman–Crippen LogP) is 2.79. The number of nitrogens with one attached hydrogen (secondary N) is 1. The maximum Gasteiger partial charge on any atom is 0.0888 e. The molecule has 6 heteroatoms. The highest BCUT2D eigenvalue weighted by Crippen LogP contribution is 2.46. The van der Waals surface area contributed by atoms with Crippen LogP contribution in [0, 0.1) is 0 Å². The number of rotatable bonds is 9. The van der Waals surface area contributed by atoms with Crippen LogP contribution in [-0.2, 0) is 16.0 Å². The molecule has 2 rings (SSSR count). The van der Waals surface area contributed by atoms with E-state index in [4.69, 9.17) is 21.1 Å². The summed E-state index contributed by atoms with van der Waals surface area (Å²) < 4.78 is 13.0. The van der Waals surface area contributed by atoms with E-state index in [0.717, 1.165) is 31.5 Å². The first-order valence-electron chi connectivity index (χ1n) is 7.67. The number of ether oxygens (including phenoxy) is 2. The zero-order chi connectivity index (χ0) is 15.3. The number of hydrogen-bond donors (Lipinski definition) is 1. The Morgan fingerprint density at radius 3 is 2.76 bits per heavy atom. The summed E-state index contributed by atoms with van der Waals surface area (Å²) in [5.41, 5.74) is 0.854. The van der Waals surface area contributed by atoms with E-state index in [1.165, 1.54) is 6.42 Å². The van der Waals surface area contributed by atoms with E-state index >= 15 is 0 Å². The summed E-state index contributed by atoms with van der Waals surface area (Å²) in [4.78, 5) is 0. The number of hydrogen-bond acceptors (Lipinski definition) is 4. The monoisotopic (exact) mass is 315 g/mol. The minimum Gasteiger partial charge on any atom is -0.383 e. The van der Waals surface area contributed by atoms with Crippen LogP contribution in [0.15, 0.2) is 6.20 Å². The number of nitrogens with zero attached hydrogens (tertiary/aromatic N) is 2. The van der Waals surface area contributed by atoms with E-state index in [1.54, 1.807) is 20.4 Å². The predicted molar refractivity (Wildman–Crippen MR) is 83.7 cm³/mol. The van der Waals surface area contributed by atoms with Gasteiger partial charge in [0.1, 0.15) is 0 Å². The van der Waals surface area contributed by atoms with Gasteiger partial charge in [-0.2, -0.15) is 5.10 Å². The Bertz CT molecular complexity index is 441. The van der Waals surface area contributed by atoms with E-state index in [-0.39, 0.29) is 11.6 Å². The van der Waals surface area contributed by atoms with E-state index in [1.807, 2.05) is 4.68 Å². The minimum absolute atomic E-state index is 0.0723. The van der Waals surface area contributed by atoms with Gasteiger partial charge in [0.05, 0.1) is 41.7 Å². The van der Waals surface area contributed by atoms with Crippen LogP contribution in [0.4, 0.5) is 0 Å². The highest BCUT2D eigenvalue weighted by atomic mass is 35.5. The Kier molecular flexibility index (Phi) is 6.05. The molecule has 0 aliphatic heterocycles. The Morgan fingerprint density at radius 2 is 2.24 bits per heavy atom. The van der Waals surface area contributed by atoms with E-state index in [0.29, 0.717) is 18.2 Å². The lowest BCUT2D eigenvalue weighted by Gasteiger charge is -2.47. The molecule has 0 spiro atoms. The number of methoxy groups -OCH3 is 2. The third kappa shape index (κ3) is 3.42. The maximum atomic E-state index is 6.42. The van der Waals surface area contributed by atoms with Gasteiger partial charge in [-0.05, 0) is 32.2 Å². The topological polar surface area (TPSA) is 48.3 Å². The molecule has 5 nitrogen and oxygen atoms in total. The summed E-state index contributed by atoms with van der Waals surface area (Å²) in [6.07, 6.45) is 6.09. The zero-order valence-corrected chi connectivity index (χ0v) is 13.9. The van der Waals surface area contributed by atoms with Crippen molar-refractivity contribution >= 4 is 11.6 Å². The van der Waals surface area contributed by atoms with Crippen LogP contribution in [0.1, 0.15) is 44.3 Å². The Morgan fingerprint density at radius 1 is 1.48 bits per heavy atom. The molecule has 0 bridgehead atoms. The van der Waals surface area contributed by atoms with Gasteiger partial charge in [-0.3, -0.25) is 4.68 Å². The lowest BCUT2D eigenvalue weighted by molar-refractivity contribution is -0.102. The molecule has 120 valence electrons. The summed E-state index contributed by atoms with van der Waals surface area (Å²) in [7, 11) is 3.49. The molecule has 21 heavy (non-hydrogen) atoms. The van der Waals surface area contributed by atoms with Crippen molar-refractivity contribution in [3.8, 4) is 0 Å². The highest BCUT2D eigenvalue weighted by Gasteiger charge is 2.47. The highest BCUT2D eigenvalue weighted by molar-refractivity contribution is 6.31. The Labute approximate surface area is 131 Å². The fourth-order valence-electron chi connectivity index (χ4n) is 2.97. The molecule has 1 heterocycles. The molecule has 1 unspecified atom stereocenters. The second kappa shape index (κ2) is 7.58. The van der Waals surface area contributed by atoms with E-state index in [9.17, 15) is 0 Å². The molecular weight excluding hydrogens is 290 g/mol. The van der Waals surface area contributed by atoms with Crippen LogP contribution in [0.2, 0.25) is 5.02 Å². The molecule has 1 fully saturated rings. The zero-order valence-electron chi connectivity index (χ0n) is 13.2. The Hall–Kier alpha value is -0.620. The first-order chi connectivity index (χ1) is 10.2. The van der Waals surface area contributed by atoms with Gasteiger partial charge in [0.25, 0.3) is 0 Å². The molecule has 1 saturated carbocycles. The first kappa shape index (κ1) is 16.7. The molecule has 1 N–H and O–H groups in total. The molecule has 0 amide bonds. The third-order valence-electron chi connectivity index (χ3n) is 4.34. The quantitative estimate of drug-likeness (QED) is 0.761. The van der Waals surface area contributed by atoms with Crippen LogP contribution in [0.25, 0.3) is 0 Å². The minimum atomic E-state index is -0.163. The molecule has 1 aliphatic rings. The number of halogens is 1. The van der Waals surface area contributed by atoms with Gasteiger partial charge in [-0.25, -0.2) is 0 Å². The van der Waals surface area contributed by atoms with Crippen LogP contribution in [0.5, 0.6) is 0 Å². The van der Waals surface area contributed by atoms with Gasteiger partial charge >= 0.3 is 0 Å². The normalized spacial score (nSPS) is 18.5. The molecule has 1 aliphatic carbocycles. The second-order valence-electron chi connectivity index (χ2n) is 5.60. The SMILES string of the molecule is CCCNC(c1c(Cl)cnn1CCOC)C1(OC)CCC1. The standard InChI is InChI=1S/C15H26ClN3O2/c1-4-8-17-14(15(21-3)6-5-7-15)13-12(16)11-18-19(13)9-10-20-2/h11,14,17H,4-10H2,1-3H3. The van der Waals surface area contributed by atoms with Crippen molar-refractivity contribution in [2.24, 2.45) is 0 Å². The van der Waals surface area contributed by atoms with Gasteiger partial charge in [0.2, 0.25) is 0 Å². The molecular formula is C15H26ClN3O2. The molecule has 0 radical (unpaired) electrons. The fourth-order valence-corrected chi connectivity index (χ4v) is 3.22. The molecule has 0 aromatic carbocycles. The van der Waals surface area contributed by atoms with E-state index < -0.39 is 0 Å². The van der Waals surface area contributed by atoms with Crippen molar-refractivity contribution in [1.29, 1.82) is 0 Å². The van der Waals surface area contributed by atoms with Gasteiger partial charge in [-0.15, -0.1) is 0 Å². The summed E-state index contributed by atoms with van der Waals surface area (Å²) in [6, 6.07) is 0.0723. The smallest absolute Gasteiger partial charge is 0.0888 e. The number of aromatic nitrogens is 2. The van der Waals surface area contributed by atoms with Gasteiger partial charge in [-0.1, -0.05) is 18.5 Å². The van der Waals surface area contributed by atoms with Crippen molar-refractivity contribution in [2.45, 2.75) is 50.8 Å². The molecule has 1 aromatic heterocycles. The third-order valence-corrected chi connectivity index (χ3v) is 4.64.